The van der Waals surface area contributed by atoms with Gasteiger partial charge in [0, 0.05) is 17.1 Å². The Balaban J connectivity index is 1.85. The molecule has 4 heteroatoms. The van der Waals surface area contributed by atoms with Crippen LogP contribution in [-0.4, -0.2) is 18.5 Å². The van der Waals surface area contributed by atoms with Gasteiger partial charge in [0.15, 0.2) is 0 Å². The van der Waals surface area contributed by atoms with E-state index in [2.05, 4.69) is 33.9 Å². The number of nitrogens with zero attached hydrogens (tertiary/aromatic N) is 1. The molecule has 0 saturated heterocycles. The second-order valence-corrected chi connectivity index (χ2v) is 6.13. The summed E-state index contributed by atoms with van der Waals surface area (Å²) >= 11 is 3.56. The molecular formula is C17H20BrFN2. The highest BCUT2D eigenvalue weighted by Gasteiger charge is 2.09. The molecule has 1 atom stereocenters. The number of hydrogen-bond donors (Lipinski definition) is 1. The highest BCUT2D eigenvalue weighted by Crippen LogP contribution is 2.19. The van der Waals surface area contributed by atoms with Crippen LogP contribution in [0.1, 0.15) is 23.6 Å². The van der Waals surface area contributed by atoms with Crippen molar-refractivity contribution in [2.75, 3.05) is 13.6 Å². The number of nitrogens with two attached hydrogens (primary N) is 1. The van der Waals surface area contributed by atoms with Crippen LogP contribution in [0, 0.1) is 5.82 Å². The number of rotatable bonds is 6. The Morgan fingerprint density at radius 1 is 1.14 bits per heavy atom. The Kier molecular flexibility index (Phi) is 5.91. The predicted molar refractivity (Wildman–Crippen MR) is 88.4 cm³/mol. The Labute approximate surface area is 133 Å². The summed E-state index contributed by atoms with van der Waals surface area (Å²) in [7, 11) is 2.08. The zero-order valence-electron chi connectivity index (χ0n) is 12.1. The third-order valence-electron chi connectivity index (χ3n) is 3.52. The minimum atomic E-state index is -0.225. The molecule has 0 aromatic heterocycles. The van der Waals surface area contributed by atoms with E-state index in [1.807, 2.05) is 18.2 Å². The molecule has 2 aromatic carbocycles. The maximum absolute atomic E-state index is 12.9. The molecule has 0 aliphatic heterocycles. The fraction of sp³-hybridized carbons (Fsp3) is 0.294. The van der Waals surface area contributed by atoms with E-state index in [1.165, 1.54) is 17.7 Å². The standard InChI is InChI=1S/C17H20BrFN2/c1-21(12-14-4-2-3-5-16(14)18)11-10-17(20)13-6-8-15(19)9-7-13/h2-9,17H,10-12,20H2,1H3. The lowest BCUT2D eigenvalue weighted by atomic mass is 10.0. The molecule has 0 radical (unpaired) electrons. The maximum Gasteiger partial charge on any atom is 0.123 e. The maximum atomic E-state index is 12.9. The van der Waals surface area contributed by atoms with Gasteiger partial charge in [-0.1, -0.05) is 46.3 Å². The quantitative estimate of drug-likeness (QED) is 0.849. The van der Waals surface area contributed by atoms with Gasteiger partial charge in [0.1, 0.15) is 5.82 Å². The van der Waals surface area contributed by atoms with E-state index in [9.17, 15) is 4.39 Å². The SMILES string of the molecule is CN(CCC(N)c1ccc(F)cc1)Cc1ccccc1Br. The van der Waals surface area contributed by atoms with Crippen molar-refractivity contribution in [1.29, 1.82) is 0 Å². The summed E-state index contributed by atoms with van der Waals surface area (Å²) in [6.45, 7) is 1.76. The van der Waals surface area contributed by atoms with E-state index in [0.29, 0.717) is 0 Å². The lowest BCUT2D eigenvalue weighted by Gasteiger charge is -2.20. The van der Waals surface area contributed by atoms with Crippen molar-refractivity contribution in [3.63, 3.8) is 0 Å². The van der Waals surface area contributed by atoms with Gasteiger partial charge in [-0.25, -0.2) is 4.39 Å². The van der Waals surface area contributed by atoms with Crippen LogP contribution in [0.15, 0.2) is 53.0 Å². The van der Waals surface area contributed by atoms with E-state index in [0.717, 1.165) is 29.5 Å². The molecule has 2 rings (SSSR count). The van der Waals surface area contributed by atoms with Gasteiger partial charge in [0.05, 0.1) is 0 Å². The lowest BCUT2D eigenvalue weighted by molar-refractivity contribution is 0.311. The highest BCUT2D eigenvalue weighted by molar-refractivity contribution is 9.10. The summed E-state index contributed by atoms with van der Waals surface area (Å²) in [6.07, 6.45) is 0.840. The lowest BCUT2D eigenvalue weighted by Crippen LogP contribution is -2.23. The minimum Gasteiger partial charge on any atom is -0.324 e. The van der Waals surface area contributed by atoms with Crippen LogP contribution in [0.3, 0.4) is 0 Å². The highest BCUT2D eigenvalue weighted by atomic mass is 79.9. The van der Waals surface area contributed by atoms with Gasteiger partial charge < -0.3 is 10.6 Å². The molecule has 0 aliphatic carbocycles. The minimum absolute atomic E-state index is 0.0627. The third kappa shape index (κ3) is 4.92. The van der Waals surface area contributed by atoms with Crippen molar-refractivity contribution in [3.8, 4) is 0 Å². The smallest absolute Gasteiger partial charge is 0.123 e. The molecule has 0 spiro atoms. The van der Waals surface area contributed by atoms with E-state index in [-0.39, 0.29) is 11.9 Å². The topological polar surface area (TPSA) is 29.3 Å². The zero-order chi connectivity index (χ0) is 15.2. The number of halogens is 2. The molecular weight excluding hydrogens is 331 g/mol. The van der Waals surface area contributed by atoms with Gasteiger partial charge in [-0.2, -0.15) is 0 Å². The largest absolute Gasteiger partial charge is 0.324 e. The van der Waals surface area contributed by atoms with Crippen LogP contribution in [0.5, 0.6) is 0 Å². The molecule has 0 amide bonds. The van der Waals surface area contributed by atoms with Crippen LogP contribution in [0.4, 0.5) is 4.39 Å². The molecule has 2 N–H and O–H groups in total. The fourth-order valence-electron chi connectivity index (χ4n) is 2.23. The Morgan fingerprint density at radius 3 is 2.48 bits per heavy atom. The number of benzene rings is 2. The van der Waals surface area contributed by atoms with E-state index >= 15 is 0 Å². The van der Waals surface area contributed by atoms with Crippen molar-refractivity contribution < 1.29 is 4.39 Å². The van der Waals surface area contributed by atoms with Crippen molar-refractivity contribution in [3.05, 3.63) is 69.9 Å². The Morgan fingerprint density at radius 2 is 1.81 bits per heavy atom. The van der Waals surface area contributed by atoms with Crippen molar-refractivity contribution in [1.82, 2.24) is 4.90 Å². The van der Waals surface area contributed by atoms with E-state index in [1.54, 1.807) is 12.1 Å². The van der Waals surface area contributed by atoms with Crippen LogP contribution < -0.4 is 5.73 Å². The van der Waals surface area contributed by atoms with Gasteiger partial charge >= 0.3 is 0 Å². The van der Waals surface area contributed by atoms with Gasteiger partial charge in [-0.3, -0.25) is 0 Å². The zero-order valence-corrected chi connectivity index (χ0v) is 13.7. The molecule has 2 aromatic rings. The molecule has 0 saturated carbocycles. The molecule has 0 heterocycles. The molecule has 0 fully saturated rings. The first kappa shape index (κ1) is 16.1. The molecule has 1 unspecified atom stereocenters. The monoisotopic (exact) mass is 350 g/mol. The van der Waals surface area contributed by atoms with Crippen molar-refractivity contribution >= 4 is 15.9 Å². The second-order valence-electron chi connectivity index (χ2n) is 5.28. The van der Waals surface area contributed by atoms with Gasteiger partial charge in [0.2, 0.25) is 0 Å². The van der Waals surface area contributed by atoms with Crippen LogP contribution in [0.2, 0.25) is 0 Å². The third-order valence-corrected chi connectivity index (χ3v) is 4.29. The van der Waals surface area contributed by atoms with E-state index in [4.69, 9.17) is 5.73 Å². The molecule has 0 bridgehead atoms. The Hall–Kier alpha value is -1.23. The second kappa shape index (κ2) is 7.69. The Bertz CT molecular complexity index is 571. The van der Waals surface area contributed by atoms with Crippen LogP contribution in [-0.2, 0) is 6.54 Å². The first-order chi connectivity index (χ1) is 10.1. The van der Waals surface area contributed by atoms with Gasteiger partial charge in [-0.05, 0) is 49.3 Å². The van der Waals surface area contributed by atoms with E-state index < -0.39 is 0 Å². The molecule has 2 nitrogen and oxygen atoms in total. The van der Waals surface area contributed by atoms with Gasteiger partial charge in [-0.15, -0.1) is 0 Å². The first-order valence-electron chi connectivity index (χ1n) is 6.99. The molecule has 21 heavy (non-hydrogen) atoms. The summed E-state index contributed by atoms with van der Waals surface area (Å²) in [5, 5.41) is 0. The van der Waals surface area contributed by atoms with Crippen molar-refractivity contribution in [2.24, 2.45) is 5.73 Å². The summed E-state index contributed by atoms with van der Waals surface area (Å²) in [5.74, 6) is -0.225. The summed E-state index contributed by atoms with van der Waals surface area (Å²) < 4.78 is 14.0. The summed E-state index contributed by atoms with van der Waals surface area (Å²) in [5.41, 5.74) is 8.40. The summed E-state index contributed by atoms with van der Waals surface area (Å²) in [4.78, 5) is 2.24. The average molecular weight is 351 g/mol. The predicted octanol–water partition coefficient (Wildman–Crippen LogP) is 4.11. The van der Waals surface area contributed by atoms with Crippen LogP contribution >= 0.6 is 15.9 Å². The van der Waals surface area contributed by atoms with Crippen LogP contribution in [0.25, 0.3) is 0 Å². The fourth-order valence-corrected chi connectivity index (χ4v) is 2.64. The molecule has 0 aliphatic rings. The summed E-state index contributed by atoms with van der Waals surface area (Å²) in [6, 6.07) is 14.6. The van der Waals surface area contributed by atoms with Crippen molar-refractivity contribution in [2.45, 2.75) is 19.0 Å². The first-order valence-corrected chi connectivity index (χ1v) is 7.78. The van der Waals surface area contributed by atoms with Gasteiger partial charge in [0.25, 0.3) is 0 Å². The number of hydrogen-bond acceptors (Lipinski definition) is 2. The average Bonchev–Trinajstić information content (AvgIpc) is 2.48. The molecule has 112 valence electrons. The normalized spacial score (nSPS) is 12.6.